The summed E-state index contributed by atoms with van der Waals surface area (Å²) in [6.45, 7) is 3.38. The molecule has 0 spiro atoms. The van der Waals surface area contributed by atoms with Crippen molar-refractivity contribution in [1.82, 2.24) is 5.32 Å². The van der Waals surface area contributed by atoms with Crippen LogP contribution in [0.25, 0.3) is 0 Å². The Bertz CT molecular complexity index is 255. The zero-order chi connectivity index (χ0) is 9.80. The molecule has 1 aromatic rings. The number of thiophene rings is 1. The Morgan fingerprint density at radius 3 is 3.07 bits per heavy atom. The second-order valence-corrected chi connectivity index (χ2v) is 5.28. The van der Waals surface area contributed by atoms with Crippen molar-refractivity contribution in [2.45, 2.75) is 45.2 Å². The fraction of sp³-hybridized carbons (Fsp3) is 0.667. The van der Waals surface area contributed by atoms with Crippen molar-refractivity contribution in [3.63, 3.8) is 0 Å². The van der Waals surface area contributed by atoms with E-state index >= 15 is 0 Å². The Morgan fingerprint density at radius 1 is 1.50 bits per heavy atom. The van der Waals surface area contributed by atoms with Gasteiger partial charge in [0.15, 0.2) is 0 Å². The highest BCUT2D eigenvalue weighted by Gasteiger charge is 2.22. The Morgan fingerprint density at radius 2 is 2.43 bits per heavy atom. The highest BCUT2D eigenvalue weighted by Crippen LogP contribution is 2.28. The van der Waals surface area contributed by atoms with E-state index in [1.807, 2.05) is 11.3 Å². The van der Waals surface area contributed by atoms with Crippen molar-refractivity contribution in [3.8, 4) is 0 Å². The molecule has 0 aromatic carbocycles. The zero-order valence-corrected chi connectivity index (χ0v) is 9.65. The van der Waals surface area contributed by atoms with Crippen molar-refractivity contribution in [3.05, 3.63) is 22.4 Å². The van der Waals surface area contributed by atoms with Gasteiger partial charge >= 0.3 is 0 Å². The van der Waals surface area contributed by atoms with Crippen LogP contribution in [0.2, 0.25) is 0 Å². The van der Waals surface area contributed by atoms with Gasteiger partial charge in [-0.05, 0) is 36.6 Å². The van der Waals surface area contributed by atoms with Crippen molar-refractivity contribution in [1.29, 1.82) is 0 Å². The standard InChI is InChI=1S/C12H19NS/c1-2-10-5-6-11(8-10)13-9-12-4-3-7-14-12/h3-4,7,10-11,13H,2,5-6,8-9H2,1H3. The van der Waals surface area contributed by atoms with Crippen molar-refractivity contribution >= 4 is 11.3 Å². The third-order valence-corrected chi connectivity index (χ3v) is 4.14. The lowest BCUT2D eigenvalue weighted by Gasteiger charge is -2.11. The lowest BCUT2D eigenvalue weighted by Crippen LogP contribution is -2.25. The number of rotatable bonds is 4. The minimum absolute atomic E-state index is 0.780. The smallest absolute Gasteiger partial charge is 0.0302 e. The average molecular weight is 209 g/mol. The zero-order valence-electron chi connectivity index (χ0n) is 8.83. The van der Waals surface area contributed by atoms with Gasteiger partial charge in [0.25, 0.3) is 0 Å². The number of hydrogen-bond acceptors (Lipinski definition) is 2. The Kier molecular flexibility index (Phi) is 3.60. The molecule has 0 radical (unpaired) electrons. The van der Waals surface area contributed by atoms with Crippen LogP contribution in [-0.4, -0.2) is 6.04 Å². The summed E-state index contributed by atoms with van der Waals surface area (Å²) in [5.41, 5.74) is 0. The van der Waals surface area contributed by atoms with E-state index in [1.165, 1.54) is 30.6 Å². The molecule has 0 bridgehead atoms. The molecule has 1 aliphatic rings. The first kappa shape index (κ1) is 10.2. The first-order valence-corrected chi connectivity index (χ1v) is 6.52. The lowest BCUT2D eigenvalue weighted by molar-refractivity contribution is 0.478. The molecule has 1 nitrogen and oxygen atoms in total. The lowest BCUT2D eigenvalue weighted by atomic mass is 10.1. The second-order valence-electron chi connectivity index (χ2n) is 4.24. The van der Waals surface area contributed by atoms with Gasteiger partial charge in [0.05, 0.1) is 0 Å². The van der Waals surface area contributed by atoms with Crippen LogP contribution in [0, 0.1) is 5.92 Å². The van der Waals surface area contributed by atoms with Gasteiger partial charge in [-0.3, -0.25) is 0 Å². The van der Waals surface area contributed by atoms with E-state index in [1.54, 1.807) is 0 Å². The van der Waals surface area contributed by atoms with Gasteiger partial charge in [0.2, 0.25) is 0 Å². The predicted molar refractivity (Wildman–Crippen MR) is 62.6 cm³/mol. The van der Waals surface area contributed by atoms with Gasteiger partial charge in [-0.1, -0.05) is 19.4 Å². The Labute approximate surface area is 90.5 Å². The molecule has 2 unspecified atom stereocenters. The maximum Gasteiger partial charge on any atom is 0.0302 e. The van der Waals surface area contributed by atoms with E-state index in [2.05, 4.69) is 29.8 Å². The molecule has 0 amide bonds. The van der Waals surface area contributed by atoms with Gasteiger partial charge < -0.3 is 5.32 Å². The molecule has 0 aliphatic heterocycles. The number of nitrogens with one attached hydrogen (secondary N) is 1. The summed E-state index contributed by atoms with van der Waals surface area (Å²) >= 11 is 1.85. The van der Waals surface area contributed by atoms with Crippen LogP contribution in [0.3, 0.4) is 0 Å². The SMILES string of the molecule is CCC1CCC(NCc2cccs2)C1. The van der Waals surface area contributed by atoms with E-state index in [4.69, 9.17) is 0 Å². The minimum atomic E-state index is 0.780. The molecular formula is C12H19NS. The molecule has 14 heavy (non-hydrogen) atoms. The monoisotopic (exact) mass is 209 g/mol. The van der Waals surface area contributed by atoms with E-state index in [0.29, 0.717) is 0 Å². The molecule has 78 valence electrons. The topological polar surface area (TPSA) is 12.0 Å². The summed E-state index contributed by atoms with van der Waals surface area (Å²) in [6.07, 6.45) is 5.56. The van der Waals surface area contributed by atoms with E-state index in [9.17, 15) is 0 Å². The largest absolute Gasteiger partial charge is 0.309 e. The highest BCUT2D eigenvalue weighted by atomic mass is 32.1. The molecule has 0 saturated heterocycles. The molecule has 1 N–H and O–H groups in total. The molecule has 1 heterocycles. The van der Waals surface area contributed by atoms with Crippen LogP contribution in [0.1, 0.15) is 37.5 Å². The quantitative estimate of drug-likeness (QED) is 0.801. The van der Waals surface area contributed by atoms with Crippen molar-refractivity contribution in [2.24, 2.45) is 5.92 Å². The predicted octanol–water partition coefficient (Wildman–Crippen LogP) is 3.42. The van der Waals surface area contributed by atoms with Crippen LogP contribution in [-0.2, 0) is 6.54 Å². The summed E-state index contributed by atoms with van der Waals surface area (Å²) in [6, 6.07) is 5.12. The summed E-state index contributed by atoms with van der Waals surface area (Å²) in [5, 5.41) is 5.81. The fourth-order valence-corrected chi connectivity index (χ4v) is 2.94. The molecule has 1 aromatic heterocycles. The summed E-state index contributed by atoms with van der Waals surface area (Å²) < 4.78 is 0. The van der Waals surface area contributed by atoms with Crippen LogP contribution in [0.4, 0.5) is 0 Å². The Balaban J connectivity index is 1.72. The van der Waals surface area contributed by atoms with Crippen LogP contribution < -0.4 is 5.32 Å². The highest BCUT2D eigenvalue weighted by molar-refractivity contribution is 7.09. The third kappa shape index (κ3) is 2.58. The van der Waals surface area contributed by atoms with Crippen LogP contribution in [0.5, 0.6) is 0 Å². The van der Waals surface area contributed by atoms with Crippen molar-refractivity contribution < 1.29 is 0 Å². The van der Waals surface area contributed by atoms with Gasteiger partial charge in [-0.25, -0.2) is 0 Å². The van der Waals surface area contributed by atoms with Crippen LogP contribution >= 0.6 is 11.3 Å². The summed E-state index contributed by atoms with van der Waals surface area (Å²) in [7, 11) is 0. The maximum atomic E-state index is 3.66. The minimum Gasteiger partial charge on any atom is -0.309 e. The van der Waals surface area contributed by atoms with E-state index in [-0.39, 0.29) is 0 Å². The number of hydrogen-bond donors (Lipinski definition) is 1. The molecule has 2 heteroatoms. The normalized spacial score (nSPS) is 26.9. The maximum absolute atomic E-state index is 3.66. The van der Waals surface area contributed by atoms with Gasteiger partial charge in [0, 0.05) is 17.5 Å². The van der Waals surface area contributed by atoms with E-state index in [0.717, 1.165) is 18.5 Å². The van der Waals surface area contributed by atoms with E-state index < -0.39 is 0 Å². The second kappa shape index (κ2) is 4.94. The van der Waals surface area contributed by atoms with Gasteiger partial charge in [-0.2, -0.15) is 0 Å². The van der Waals surface area contributed by atoms with Crippen LogP contribution in [0.15, 0.2) is 17.5 Å². The summed E-state index contributed by atoms with van der Waals surface area (Å²) in [4.78, 5) is 1.46. The molecule has 1 aliphatic carbocycles. The third-order valence-electron chi connectivity index (χ3n) is 3.26. The Hall–Kier alpha value is -0.340. The molecule has 1 fully saturated rings. The average Bonchev–Trinajstić information content (AvgIpc) is 2.86. The first-order chi connectivity index (χ1) is 6.88. The summed E-state index contributed by atoms with van der Waals surface area (Å²) in [5.74, 6) is 0.982. The first-order valence-electron chi connectivity index (χ1n) is 5.64. The molecule has 1 saturated carbocycles. The molecular weight excluding hydrogens is 190 g/mol. The molecule has 2 atom stereocenters. The van der Waals surface area contributed by atoms with Crippen molar-refractivity contribution in [2.75, 3.05) is 0 Å². The van der Waals surface area contributed by atoms with Gasteiger partial charge in [0.1, 0.15) is 0 Å². The fourth-order valence-electron chi connectivity index (χ4n) is 2.29. The van der Waals surface area contributed by atoms with Gasteiger partial charge in [-0.15, -0.1) is 11.3 Å². The molecule has 2 rings (SSSR count).